The first-order valence-corrected chi connectivity index (χ1v) is 5.27. The van der Waals surface area contributed by atoms with Gasteiger partial charge in [-0.3, -0.25) is 9.78 Å². The minimum atomic E-state index is -0.142. The fraction of sp³-hybridized carbons (Fsp3) is 0.167. The summed E-state index contributed by atoms with van der Waals surface area (Å²) in [6, 6.07) is 3.62. The number of aliphatic hydroxyl groups is 1. The highest BCUT2D eigenvalue weighted by atomic mass is 16.3. The summed E-state index contributed by atoms with van der Waals surface area (Å²) in [5, 5.41) is 9.88. The third kappa shape index (κ3) is 1.36. The molecule has 0 atom stereocenters. The van der Waals surface area contributed by atoms with Crippen LogP contribution in [0, 0.1) is 0 Å². The average Bonchev–Trinajstić information content (AvgIpc) is 2.71. The summed E-state index contributed by atoms with van der Waals surface area (Å²) >= 11 is 0. The summed E-state index contributed by atoms with van der Waals surface area (Å²) in [5.74, 6) is 0. The quantitative estimate of drug-likeness (QED) is 0.651. The maximum atomic E-state index is 11.9. The Balaban J connectivity index is 2.53. The van der Waals surface area contributed by atoms with E-state index in [9.17, 15) is 4.79 Å². The molecule has 0 spiro atoms. The number of H-pyrrole nitrogens is 1. The number of hydrogen-bond acceptors (Lipinski definition) is 3. The van der Waals surface area contributed by atoms with Crippen molar-refractivity contribution >= 4 is 21.9 Å². The van der Waals surface area contributed by atoms with Crippen LogP contribution in [-0.2, 0) is 13.7 Å². The lowest BCUT2D eigenvalue weighted by atomic mass is 10.2. The van der Waals surface area contributed by atoms with Crippen LogP contribution in [0.5, 0.6) is 0 Å². The van der Waals surface area contributed by atoms with E-state index in [2.05, 4.69) is 9.97 Å². The molecule has 5 nitrogen and oxygen atoms in total. The minimum Gasteiger partial charge on any atom is -0.392 e. The van der Waals surface area contributed by atoms with Gasteiger partial charge in [-0.15, -0.1) is 0 Å². The van der Waals surface area contributed by atoms with Crippen LogP contribution in [0.15, 0.2) is 29.3 Å². The molecule has 17 heavy (non-hydrogen) atoms. The molecular formula is C12H11N3O2. The molecule has 0 unspecified atom stereocenters. The van der Waals surface area contributed by atoms with E-state index in [0.29, 0.717) is 16.6 Å². The average molecular weight is 229 g/mol. The number of nitrogens with zero attached hydrogens (tertiary/aromatic N) is 2. The number of rotatable bonds is 1. The molecule has 3 heterocycles. The first kappa shape index (κ1) is 10.0. The summed E-state index contributed by atoms with van der Waals surface area (Å²) in [6.07, 6.45) is 3.45. The van der Waals surface area contributed by atoms with Gasteiger partial charge in [0, 0.05) is 24.8 Å². The van der Waals surface area contributed by atoms with E-state index in [-0.39, 0.29) is 12.2 Å². The maximum absolute atomic E-state index is 11.9. The first-order valence-electron chi connectivity index (χ1n) is 5.27. The summed E-state index contributed by atoms with van der Waals surface area (Å²) < 4.78 is 1.77. The van der Waals surface area contributed by atoms with Crippen molar-refractivity contribution in [2.75, 3.05) is 0 Å². The van der Waals surface area contributed by atoms with Gasteiger partial charge in [-0.2, -0.15) is 0 Å². The highest BCUT2D eigenvalue weighted by Crippen LogP contribution is 2.20. The molecule has 0 saturated carbocycles. The van der Waals surface area contributed by atoms with Crippen molar-refractivity contribution in [2.24, 2.45) is 7.05 Å². The molecule has 3 rings (SSSR count). The monoisotopic (exact) mass is 229 g/mol. The Morgan fingerprint density at radius 1 is 1.53 bits per heavy atom. The second-order valence-corrected chi connectivity index (χ2v) is 4.04. The number of aliphatic hydroxyl groups excluding tert-OH is 1. The van der Waals surface area contributed by atoms with Gasteiger partial charge < -0.3 is 14.7 Å². The molecule has 0 aliphatic carbocycles. The molecular weight excluding hydrogens is 218 g/mol. The van der Waals surface area contributed by atoms with Crippen molar-refractivity contribution in [3.63, 3.8) is 0 Å². The van der Waals surface area contributed by atoms with Crippen molar-refractivity contribution in [2.45, 2.75) is 6.61 Å². The van der Waals surface area contributed by atoms with Crippen LogP contribution in [0.2, 0.25) is 0 Å². The molecule has 0 aliphatic rings. The molecule has 0 radical (unpaired) electrons. The molecule has 3 aromatic rings. The lowest BCUT2D eigenvalue weighted by molar-refractivity contribution is 0.281. The molecule has 0 amide bonds. The fourth-order valence-corrected chi connectivity index (χ4v) is 2.09. The van der Waals surface area contributed by atoms with Crippen LogP contribution >= 0.6 is 0 Å². The first-order chi connectivity index (χ1) is 8.20. The highest BCUT2D eigenvalue weighted by Gasteiger charge is 2.09. The summed E-state index contributed by atoms with van der Waals surface area (Å²) in [4.78, 5) is 19.0. The normalized spacial score (nSPS) is 11.4. The smallest absolute Gasteiger partial charge is 0.273 e. The van der Waals surface area contributed by atoms with Crippen molar-refractivity contribution in [1.29, 1.82) is 0 Å². The Bertz CT molecular complexity index is 770. The molecule has 86 valence electrons. The van der Waals surface area contributed by atoms with Crippen molar-refractivity contribution < 1.29 is 5.11 Å². The van der Waals surface area contributed by atoms with Gasteiger partial charge in [-0.1, -0.05) is 0 Å². The van der Waals surface area contributed by atoms with E-state index in [4.69, 9.17) is 5.11 Å². The fourth-order valence-electron chi connectivity index (χ4n) is 2.09. The predicted octanol–water partition coefficient (Wildman–Crippen LogP) is 0.907. The summed E-state index contributed by atoms with van der Waals surface area (Å²) in [7, 11) is 1.82. The van der Waals surface area contributed by atoms with E-state index < -0.39 is 0 Å². The Morgan fingerprint density at radius 2 is 2.35 bits per heavy atom. The Labute approximate surface area is 96.3 Å². The predicted molar refractivity (Wildman–Crippen MR) is 64.8 cm³/mol. The maximum Gasteiger partial charge on any atom is 0.273 e. The molecule has 3 aromatic heterocycles. The van der Waals surface area contributed by atoms with Crippen LogP contribution in [-0.4, -0.2) is 19.6 Å². The third-order valence-corrected chi connectivity index (χ3v) is 2.92. The molecule has 0 saturated heterocycles. The molecule has 2 N–H and O–H groups in total. The molecule has 5 heteroatoms. The Kier molecular flexibility index (Phi) is 2.02. The number of aromatic nitrogens is 3. The zero-order valence-electron chi connectivity index (χ0n) is 9.27. The van der Waals surface area contributed by atoms with Gasteiger partial charge in [0.15, 0.2) is 0 Å². The van der Waals surface area contributed by atoms with Crippen LogP contribution in [0.25, 0.3) is 21.9 Å². The second-order valence-electron chi connectivity index (χ2n) is 4.04. The minimum absolute atomic E-state index is 0.0855. The lowest BCUT2D eigenvalue weighted by Gasteiger charge is -2.02. The van der Waals surface area contributed by atoms with Crippen molar-refractivity contribution in [1.82, 2.24) is 14.5 Å². The molecule has 0 aromatic carbocycles. The van der Waals surface area contributed by atoms with Gasteiger partial charge in [0.05, 0.1) is 17.6 Å². The van der Waals surface area contributed by atoms with Crippen LogP contribution < -0.4 is 5.56 Å². The third-order valence-electron chi connectivity index (χ3n) is 2.92. The standard InChI is InChI=1S/C12H11N3O2/c1-15-3-2-8-10-9(14-12(17)11(8)15)4-7(6-16)5-13-10/h2-5,16H,6H2,1H3,(H,14,17). The van der Waals surface area contributed by atoms with Gasteiger partial charge in [0.1, 0.15) is 5.52 Å². The largest absolute Gasteiger partial charge is 0.392 e. The van der Waals surface area contributed by atoms with Crippen molar-refractivity contribution in [3.05, 3.63) is 40.4 Å². The van der Waals surface area contributed by atoms with E-state index >= 15 is 0 Å². The van der Waals surface area contributed by atoms with Crippen LogP contribution in [0.4, 0.5) is 0 Å². The number of fused-ring (bicyclic) bond motifs is 3. The summed E-state index contributed by atoms with van der Waals surface area (Å²) in [6.45, 7) is -0.0855. The number of aromatic amines is 1. The van der Waals surface area contributed by atoms with E-state index in [1.54, 1.807) is 16.8 Å². The number of nitrogens with one attached hydrogen (secondary N) is 1. The molecule has 0 bridgehead atoms. The second kappa shape index (κ2) is 3.43. The Morgan fingerprint density at radius 3 is 3.12 bits per heavy atom. The van der Waals surface area contributed by atoms with E-state index in [0.717, 1.165) is 10.9 Å². The number of pyridine rings is 2. The zero-order chi connectivity index (χ0) is 12.0. The van der Waals surface area contributed by atoms with Gasteiger partial charge in [-0.05, 0) is 17.7 Å². The molecule has 0 aliphatic heterocycles. The van der Waals surface area contributed by atoms with Gasteiger partial charge >= 0.3 is 0 Å². The van der Waals surface area contributed by atoms with Crippen LogP contribution in [0.1, 0.15) is 5.56 Å². The van der Waals surface area contributed by atoms with E-state index in [1.807, 2.05) is 19.3 Å². The Hall–Kier alpha value is -2.14. The van der Waals surface area contributed by atoms with Crippen molar-refractivity contribution in [3.8, 4) is 0 Å². The molecule has 0 fully saturated rings. The SMILES string of the molecule is Cn1ccc2c3ncc(CO)cc3[nH]c(=O)c21. The highest BCUT2D eigenvalue weighted by molar-refractivity contribution is 6.01. The summed E-state index contributed by atoms with van der Waals surface area (Å²) in [5.41, 5.74) is 2.56. The van der Waals surface area contributed by atoms with Gasteiger partial charge in [0.25, 0.3) is 5.56 Å². The lowest BCUT2D eigenvalue weighted by Crippen LogP contribution is -2.09. The van der Waals surface area contributed by atoms with Gasteiger partial charge in [0.2, 0.25) is 0 Å². The van der Waals surface area contributed by atoms with Gasteiger partial charge in [-0.25, -0.2) is 0 Å². The van der Waals surface area contributed by atoms with E-state index in [1.165, 1.54) is 0 Å². The zero-order valence-corrected chi connectivity index (χ0v) is 9.27. The number of aryl methyl sites for hydroxylation is 1. The van der Waals surface area contributed by atoms with Crippen LogP contribution in [0.3, 0.4) is 0 Å². The topological polar surface area (TPSA) is 70.9 Å². The number of hydrogen-bond donors (Lipinski definition) is 2.